The van der Waals surface area contributed by atoms with Crippen molar-refractivity contribution in [2.75, 3.05) is 13.2 Å². The molecule has 0 saturated carbocycles. The first-order valence-electron chi connectivity index (χ1n) is 5.55. The van der Waals surface area contributed by atoms with E-state index in [0.29, 0.717) is 4.31 Å². The fraction of sp³-hybridized carbons (Fsp3) is 0.800. The number of amides is 1. The molecule has 1 aliphatic rings. The lowest BCUT2D eigenvalue weighted by Crippen LogP contribution is -2.68. The van der Waals surface area contributed by atoms with Crippen LogP contribution < -0.4 is 0 Å². The minimum Gasteiger partial charge on any atom is -0.466 e. The van der Waals surface area contributed by atoms with Crippen molar-refractivity contribution in [1.29, 1.82) is 0 Å². The average molecular weight is 279 g/mol. The van der Waals surface area contributed by atoms with Gasteiger partial charge in [0.2, 0.25) is 0 Å². The highest BCUT2D eigenvalue weighted by Crippen LogP contribution is 2.34. The van der Waals surface area contributed by atoms with Crippen molar-refractivity contribution in [3.8, 4) is 0 Å². The number of carbonyl (C=O) groups excluding carboxylic acids is 2. The summed E-state index contributed by atoms with van der Waals surface area (Å²) in [6.07, 6.45) is -1.59. The van der Waals surface area contributed by atoms with Crippen LogP contribution in [-0.4, -0.2) is 53.7 Å². The number of β-amino-alcohol motifs (C(OH)–C–C–N with tert-alkyl or cyclic N) is 1. The molecule has 1 fully saturated rings. The highest BCUT2D eigenvalue weighted by Gasteiger charge is 2.60. The zero-order valence-electron chi connectivity index (χ0n) is 10.5. The molecule has 0 aromatic heterocycles. The maximum Gasteiger partial charge on any atom is 0.308 e. The summed E-state index contributed by atoms with van der Waals surface area (Å²) in [6, 6.07) is 0. The van der Waals surface area contributed by atoms with Crippen LogP contribution in [0.1, 0.15) is 27.2 Å². The Kier molecular flexibility index (Phi) is 4.02. The predicted octanol–water partition coefficient (Wildman–Crippen LogP) is -0.749. The summed E-state index contributed by atoms with van der Waals surface area (Å²) in [5.74, 6) is -1.21. The second kappa shape index (κ2) is 4.85. The molecule has 0 bridgehead atoms. The van der Waals surface area contributed by atoms with E-state index in [2.05, 4.69) is 4.74 Å². The predicted molar refractivity (Wildman–Crippen MR) is 62.0 cm³/mol. The van der Waals surface area contributed by atoms with Gasteiger partial charge in [0.25, 0.3) is 15.9 Å². The zero-order chi connectivity index (χ0) is 14.1. The molecule has 7 nitrogen and oxygen atoms in total. The summed E-state index contributed by atoms with van der Waals surface area (Å²) in [5.41, 5.74) is 0. The van der Waals surface area contributed by atoms with Gasteiger partial charge in [0.1, 0.15) is 0 Å². The van der Waals surface area contributed by atoms with Crippen LogP contribution in [0.25, 0.3) is 0 Å². The Hall–Kier alpha value is -1.15. The van der Waals surface area contributed by atoms with Gasteiger partial charge in [0, 0.05) is 0 Å². The Morgan fingerprint density at radius 2 is 2.06 bits per heavy atom. The summed E-state index contributed by atoms with van der Waals surface area (Å²) in [5, 5.41) is 9.54. The maximum atomic E-state index is 11.7. The second-order valence-corrected chi connectivity index (χ2v) is 6.93. The molecule has 18 heavy (non-hydrogen) atoms. The maximum absolute atomic E-state index is 11.7. The summed E-state index contributed by atoms with van der Waals surface area (Å²) < 4.78 is 27.2. The number of sulfonamides is 1. The van der Waals surface area contributed by atoms with Gasteiger partial charge in [-0.05, 0) is 20.8 Å². The number of rotatable bonds is 5. The average Bonchev–Trinajstić information content (AvgIpc) is 2.24. The molecule has 104 valence electrons. The molecule has 0 aromatic carbocycles. The van der Waals surface area contributed by atoms with Gasteiger partial charge < -0.3 is 9.84 Å². The van der Waals surface area contributed by atoms with Crippen molar-refractivity contribution < 1.29 is 27.9 Å². The summed E-state index contributed by atoms with van der Waals surface area (Å²) in [7, 11) is -3.72. The highest BCUT2D eigenvalue weighted by atomic mass is 32.2. The smallest absolute Gasteiger partial charge is 0.308 e. The van der Waals surface area contributed by atoms with E-state index in [0.717, 1.165) is 0 Å². The van der Waals surface area contributed by atoms with Crippen LogP contribution in [0.4, 0.5) is 0 Å². The van der Waals surface area contributed by atoms with Crippen LogP contribution in [0.2, 0.25) is 0 Å². The molecule has 8 heteroatoms. The molecule has 1 aliphatic heterocycles. The molecule has 1 amide bonds. The van der Waals surface area contributed by atoms with Gasteiger partial charge in [-0.15, -0.1) is 0 Å². The van der Waals surface area contributed by atoms with E-state index >= 15 is 0 Å². The third-order valence-electron chi connectivity index (χ3n) is 2.76. The molecule has 1 saturated heterocycles. The fourth-order valence-electron chi connectivity index (χ4n) is 1.61. The standard InChI is InChI=1S/C10H17NO6S/c1-4-17-8(13)5-7(12)6-11-9(14)10(2,3)18(11,15)16/h7,12H,4-6H2,1-3H3. The Balaban J connectivity index is 2.60. The van der Waals surface area contributed by atoms with Gasteiger partial charge in [0.05, 0.1) is 25.7 Å². The van der Waals surface area contributed by atoms with Crippen LogP contribution in [0.15, 0.2) is 0 Å². The lowest BCUT2D eigenvalue weighted by atomic mass is 10.1. The number of hydrogen-bond acceptors (Lipinski definition) is 6. The van der Waals surface area contributed by atoms with E-state index in [1.165, 1.54) is 13.8 Å². The van der Waals surface area contributed by atoms with Crippen molar-refractivity contribution in [1.82, 2.24) is 4.31 Å². The first kappa shape index (κ1) is 14.9. The van der Waals surface area contributed by atoms with Crippen LogP contribution in [0.3, 0.4) is 0 Å². The number of aliphatic hydroxyl groups excluding tert-OH is 1. The van der Waals surface area contributed by atoms with E-state index in [1.807, 2.05) is 0 Å². The molecule has 0 aromatic rings. The van der Waals surface area contributed by atoms with Crippen molar-refractivity contribution in [3.63, 3.8) is 0 Å². The van der Waals surface area contributed by atoms with E-state index in [1.54, 1.807) is 6.92 Å². The minimum absolute atomic E-state index is 0.180. The van der Waals surface area contributed by atoms with Crippen LogP contribution in [0, 0.1) is 0 Å². The largest absolute Gasteiger partial charge is 0.466 e. The normalized spacial score (nSPS) is 22.2. The molecule has 0 aliphatic carbocycles. The molecule has 1 N–H and O–H groups in total. The third-order valence-corrected chi connectivity index (χ3v) is 5.12. The summed E-state index contributed by atoms with van der Waals surface area (Å²) in [6.45, 7) is 4.00. The van der Waals surface area contributed by atoms with Crippen molar-refractivity contribution in [2.45, 2.75) is 38.0 Å². The molecule has 1 rings (SSSR count). The third kappa shape index (κ3) is 2.35. The SMILES string of the molecule is CCOC(=O)CC(O)CN1C(=O)C(C)(C)S1(=O)=O. The van der Waals surface area contributed by atoms with Gasteiger partial charge in [-0.2, -0.15) is 0 Å². The fourth-order valence-corrected chi connectivity index (χ4v) is 3.17. The van der Waals surface area contributed by atoms with Crippen molar-refractivity contribution in [2.24, 2.45) is 0 Å². The zero-order valence-corrected chi connectivity index (χ0v) is 11.4. The molecule has 0 radical (unpaired) electrons. The Morgan fingerprint density at radius 3 is 2.50 bits per heavy atom. The number of ether oxygens (including phenoxy) is 1. The summed E-state index contributed by atoms with van der Waals surface area (Å²) in [4.78, 5) is 22.6. The Bertz CT molecular complexity index is 455. The van der Waals surface area contributed by atoms with Gasteiger partial charge >= 0.3 is 5.97 Å². The first-order valence-corrected chi connectivity index (χ1v) is 6.99. The van der Waals surface area contributed by atoms with Gasteiger partial charge in [0.15, 0.2) is 4.75 Å². The van der Waals surface area contributed by atoms with E-state index in [-0.39, 0.29) is 13.0 Å². The molecular formula is C10H17NO6S. The van der Waals surface area contributed by atoms with E-state index in [9.17, 15) is 23.1 Å². The summed E-state index contributed by atoms with van der Waals surface area (Å²) >= 11 is 0. The van der Waals surface area contributed by atoms with Crippen molar-refractivity contribution >= 4 is 21.9 Å². The van der Waals surface area contributed by atoms with Crippen LogP contribution in [0.5, 0.6) is 0 Å². The Labute approximate surface area is 106 Å². The molecule has 0 spiro atoms. The van der Waals surface area contributed by atoms with E-state index < -0.39 is 39.3 Å². The topological polar surface area (TPSA) is 101 Å². The molecule has 1 atom stereocenters. The number of hydrogen-bond donors (Lipinski definition) is 1. The van der Waals surface area contributed by atoms with Crippen LogP contribution >= 0.6 is 0 Å². The molecule has 1 heterocycles. The number of carbonyl (C=O) groups is 2. The van der Waals surface area contributed by atoms with Crippen LogP contribution in [-0.2, 0) is 24.3 Å². The molecular weight excluding hydrogens is 262 g/mol. The van der Waals surface area contributed by atoms with Gasteiger partial charge in [-0.3, -0.25) is 9.59 Å². The monoisotopic (exact) mass is 279 g/mol. The lowest BCUT2D eigenvalue weighted by molar-refractivity contribution is -0.146. The lowest BCUT2D eigenvalue weighted by Gasteiger charge is -2.43. The second-order valence-electron chi connectivity index (χ2n) is 4.51. The van der Waals surface area contributed by atoms with E-state index in [4.69, 9.17) is 0 Å². The number of esters is 1. The Morgan fingerprint density at radius 1 is 1.50 bits per heavy atom. The highest BCUT2D eigenvalue weighted by molar-refractivity contribution is 7.94. The molecule has 1 unspecified atom stereocenters. The minimum atomic E-state index is -3.72. The quantitative estimate of drug-likeness (QED) is 0.665. The van der Waals surface area contributed by atoms with Gasteiger partial charge in [-0.25, -0.2) is 12.7 Å². The van der Waals surface area contributed by atoms with Crippen molar-refractivity contribution in [3.05, 3.63) is 0 Å². The number of aliphatic hydroxyl groups is 1. The number of nitrogens with zero attached hydrogens (tertiary/aromatic N) is 1. The first-order chi connectivity index (χ1) is 8.14. The van der Waals surface area contributed by atoms with Gasteiger partial charge in [-0.1, -0.05) is 0 Å².